The minimum absolute atomic E-state index is 0.730. The molecule has 90 valence electrons. The molecule has 0 unspecified atom stereocenters. The first-order chi connectivity index (χ1) is 7.59. The predicted octanol–water partition coefficient (Wildman–Crippen LogP) is 2.96. The van der Waals surface area contributed by atoms with Gasteiger partial charge in [0.2, 0.25) is 0 Å². The largest absolute Gasteiger partial charge is 0.301 e. The van der Waals surface area contributed by atoms with Crippen LogP contribution < -0.4 is 0 Å². The lowest BCUT2D eigenvalue weighted by molar-refractivity contribution is 0.347. The van der Waals surface area contributed by atoms with Crippen LogP contribution in [-0.2, 0) is 6.54 Å². The van der Waals surface area contributed by atoms with Crippen LogP contribution in [0.3, 0.4) is 0 Å². The second kappa shape index (κ2) is 6.92. The van der Waals surface area contributed by atoms with Crippen molar-refractivity contribution in [2.45, 2.75) is 32.6 Å². The molecule has 0 N–H and O–H groups in total. The van der Waals surface area contributed by atoms with Gasteiger partial charge in [0.25, 0.3) is 0 Å². The Kier molecular flexibility index (Phi) is 5.85. The lowest BCUT2D eigenvalue weighted by atomic mass is 10.1. The van der Waals surface area contributed by atoms with Gasteiger partial charge in [-0.3, -0.25) is 4.98 Å². The van der Waals surface area contributed by atoms with E-state index >= 15 is 0 Å². The lowest BCUT2D eigenvalue weighted by Gasteiger charge is -2.18. The summed E-state index contributed by atoms with van der Waals surface area (Å²) < 4.78 is 0. The number of nitrogens with zero attached hydrogens (tertiary/aromatic N) is 2. The Hall–Kier alpha value is -0.540. The van der Waals surface area contributed by atoms with Crippen LogP contribution in [0.2, 0.25) is 0 Å². The third kappa shape index (κ3) is 4.99. The van der Waals surface area contributed by atoms with Gasteiger partial charge in [-0.2, -0.15) is 11.8 Å². The molecule has 0 fully saturated rings. The summed E-state index contributed by atoms with van der Waals surface area (Å²) >= 11 is 2.02. The zero-order valence-electron chi connectivity index (χ0n) is 10.7. The smallest absolute Gasteiger partial charge is 0.0315 e. The van der Waals surface area contributed by atoms with Crippen LogP contribution in [0.5, 0.6) is 0 Å². The van der Waals surface area contributed by atoms with Crippen LogP contribution in [0.15, 0.2) is 18.5 Å². The molecule has 0 aliphatic carbocycles. The quantitative estimate of drug-likeness (QED) is 0.758. The molecule has 0 radical (unpaired) electrons. The number of aromatic nitrogens is 1. The normalized spacial score (nSPS) is 11.4. The van der Waals surface area contributed by atoms with E-state index in [0.29, 0.717) is 0 Å². The minimum atomic E-state index is 0.730. The maximum atomic E-state index is 4.18. The molecule has 0 aromatic carbocycles. The van der Waals surface area contributed by atoms with E-state index in [1.807, 2.05) is 24.2 Å². The van der Waals surface area contributed by atoms with Crippen molar-refractivity contribution in [1.82, 2.24) is 9.88 Å². The van der Waals surface area contributed by atoms with Crippen molar-refractivity contribution in [2.75, 3.05) is 19.3 Å². The van der Waals surface area contributed by atoms with Crippen molar-refractivity contribution in [3.8, 4) is 0 Å². The van der Waals surface area contributed by atoms with Gasteiger partial charge in [-0.15, -0.1) is 0 Å². The third-order valence-electron chi connectivity index (χ3n) is 2.51. The van der Waals surface area contributed by atoms with Gasteiger partial charge in [-0.25, -0.2) is 0 Å². The summed E-state index contributed by atoms with van der Waals surface area (Å²) in [6.07, 6.45) is 3.83. The van der Waals surface area contributed by atoms with Crippen molar-refractivity contribution in [3.63, 3.8) is 0 Å². The summed E-state index contributed by atoms with van der Waals surface area (Å²) in [5.41, 5.74) is 2.66. The Bertz CT molecular complexity index is 313. The molecule has 0 saturated carbocycles. The van der Waals surface area contributed by atoms with Gasteiger partial charge >= 0.3 is 0 Å². The number of rotatable bonds is 6. The summed E-state index contributed by atoms with van der Waals surface area (Å²) in [5, 5.41) is 0.730. The molecule has 3 heteroatoms. The SMILES string of the molecule is Cc1ccncc1CN(C)CCSC(C)C. The molecule has 16 heavy (non-hydrogen) atoms. The van der Waals surface area contributed by atoms with E-state index in [0.717, 1.165) is 18.3 Å². The number of thioether (sulfide) groups is 1. The molecule has 0 atom stereocenters. The van der Waals surface area contributed by atoms with Gasteiger partial charge < -0.3 is 4.90 Å². The van der Waals surface area contributed by atoms with E-state index in [1.54, 1.807) is 0 Å². The highest BCUT2D eigenvalue weighted by atomic mass is 32.2. The first-order valence-corrected chi connectivity index (χ1v) is 6.84. The first-order valence-electron chi connectivity index (χ1n) is 5.79. The third-order valence-corrected chi connectivity index (χ3v) is 3.60. The van der Waals surface area contributed by atoms with Gasteiger partial charge in [-0.1, -0.05) is 13.8 Å². The molecule has 1 aromatic rings. The zero-order chi connectivity index (χ0) is 12.0. The Morgan fingerprint density at radius 3 is 2.81 bits per heavy atom. The molecule has 1 rings (SSSR count). The average Bonchev–Trinajstić information content (AvgIpc) is 2.21. The van der Waals surface area contributed by atoms with E-state index in [4.69, 9.17) is 0 Å². The number of hydrogen-bond donors (Lipinski definition) is 0. The number of aryl methyl sites for hydroxylation is 1. The van der Waals surface area contributed by atoms with Gasteiger partial charge in [0, 0.05) is 31.2 Å². The van der Waals surface area contributed by atoms with Gasteiger partial charge in [0.05, 0.1) is 0 Å². The molecule has 0 bridgehead atoms. The second-order valence-electron chi connectivity index (χ2n) is 4.46. The van der Waals surface area contributed by atoms with Crippen LogP contribution in [0.25, 0.3) is 0 Å². The van der Waals surface area contributed by atoms with Gasteiger partial charge in [0.15, 0.2) is 0 Å². The van der Waals surface area contributed by atoms with Gasteiger partial charge in [-0.05, 0) is 36.4 Å². The molecule has 0 saturated heterocycles. The Labute approximate surface area is 103 Å². The van der Waals surface area contributed by atoms with Crippen LogP contribution in [0.4, 0.5) is 0 Å². The summed E-state index contributed by atoms with van der Waals surface area (Å²) in [5.74, 6) is 1.20. The Morgan fingerprint density at radius 1 is 1.44 bits per heavy atom. The second-order valence-corrected chi connectivity index (χ2v) is 6.14. The summed E-state index contributed by atoms with van der Waals surface area (Å²) in [4.78, 5) is 6.54. The van der Waals surface area contributed by atoms with Crippen LogP contribution in [-0.4, -0.2) is 34.5 Å². The minimum Gasteiger partial charge on any atom is -0.301 e. The van der Waals surface area contributed by atoms with E-state index in [9.17, 15) is 0 Å². The van der Waals surface area contributed by atoms with Crippen molar-refractivity contribution in [2.24, 2.45) is 0 Å². The summed E-state index contributed by atoms with van der Waals surface area (Å²) in [7, 11) is 2.17. The van der Waals surface area contributed by atoms with E-state index in [2.05, 4.69) is 43.8 Å². The van der Waals surface area contributed by atoms with Crippen LogP contribution in [0, 0.1) is 6.92 Å². The predicted molar refractivity (Wildman–Crippen MR) is 72.9 cm³/mol. The molecule has 0 aliphatic heterocycles. The molecule has 0 amide bonds. The Balaban J connectivity index is 2.34. The summed E-state index contributed by atoms with van der Waals surface area (Å²) in [6, 6.07) is 2.08. The van der Waals surface area contributed by atoms with Crippen LogP contribution in [0.1, 0.15) is 25.0 Å². The lowest BCUT2D eigenvalue weighted by Crippen LogP contribution is -2.21. The summed E-state index contributed by atoms with van der Waals surface area (Å²) in [6.45, 7) is 8.77. The topological polar surface area (TPSA) is 16.1 Å². The number of hydrogen-bond acceptors (Lipinski definition) is 3. The van der Waals surface area contributed by atoms with E-state index in [1.165, 1.54) is 16.9 Å². The van der Waals surface area contributed by atoms with Crippen LogP contribution >= 0.6 is 11.8 Å². The fourth-order valence-electron chi connectivity index (χ4n) is 1.48. The Morgan fingerprint density at radius 2 is 2.19 bits per heavy atom. The fraction of sp³-hybridized carbons (Fsp3) is 0.615. The highest BCUT2D eigenvalue weighted by Gasteiger charge is 2.03. The van der Waals surface area contributed by atoms with Crippen molar-refractivity contribution in [1.29, 1.82) is 0 Å². The highest BCUT2D eigenvalue weighted by Crippen LogP contribution is 2.11. The highest BCUT2D eigenvalue weighted by molar-refractivity contribution is 7.99. The first kappa shape index (κ1) is 13.5. The van der Waals surface area contributed by atoms with E-state index < -0.39 is 0 Å². The molecule has 0 spiro atoms. The maximum absolute atomic E-state index is 4.18. The molecular weight excluding hydrogens is 216 g/mol. The molecule has 0 aliphatic rings. The monoisotopic (exact) mass is 238 g/mol. The molecule has 2 nitrogen and oxygen atoms in total. The van der Waals surface area contributed by atoms with Crippen molar-refractivity contribution < 1.29 is 0 Å². The fourth-order valence-corrected chi connectivity index (χ4v) is 2.36. The standard InChI is InChI=1S/C13H22N2S/c1-11(2)16-8-7-15(4)10-13-9-14-6-5-12(13)3/h5-6,9,11H,7-8,10H2,1-4H3. The number of pyridine rings is 1. The van der Waals surface area contributed by atoms with Crippen molar-refractivity contribution >= 4 is 11.8 Å². The molecule has 1 heterocycles. The maximum Gasteiger partial charge on any atom is 0.0315 e. The van der Waals surface area contributed by atoms with Gasteiger partial charge in [0.1, 0.15) is 0 Å². The van der Waals surface area contributed by atoms with Crippen molar-refractivity contribution in [3.05, 3.63) is 29.6 Å². The zero-order valence-corrected chi connectivity index (χ0v) is 11.5. The van der Waals surface area contributed by atoms with E-state index in [-0.39, 0.29) is 0 Å². The molecule has 1 aromatic heterocycles. The molecular formula is C13H22N2S. The average molecular weight is 238 g/mol.